The van der Waals surface area contributed by atoms with Gasteiger partial charge in [-0.2, -0.15) is 11.8 Å². The van der Waals surface area contributed by atoms with E-state index in [2.05, 4.69) is 5.32 Å². The van der Waals surface area contributed by atoms with Crippen LogP contribution >= 0.6 is 11.8 Å². The number of carboxylic acid groups (broad SMARTS) is 1. The molecule has 0 aliphatic carbocycles. The zero-order chi connectivity index (χ0) is 15.3. The van der Waals surface area contributed by atoms with Crippen molar-refractivity contribution in [3.63, 3.8) is 0 Å². The number of aliphatic hydroxyl groups is 1. The molecule has 0 aromatic heterocycles. The Bertz CT molecular complexity index is 390. The van der Waals surface area contributed by atoms with Crippen molar-refractivity contribution in [2.45, 2.75) is 38.0 Å². The van der Waals surface area contributed by atoms with E-state index >= 15 is 0 Å². The standard InChI is InChI=1S/C12H20N2O5S/c1-7(15)14(10(12(18)19)3-4-20-2)11(17)9-5-8(16)6-13-9/h8-10,13,16H,3-6H2,1-2H3,(H,18,19). The Morgan fingerprint density at radius 2 is 2.10 bits per heavy atom. The molecule has 0 spiro atoms. The number of carbonyl (C=O) groups is 3. The Balaban J connectivity index is 2.87. The molecule has 7 nitrogen and oxygen atoms in total. The van der Waals surface area contributed by atoms with E-state index < -0.39 is 36.0 Å². The van der Waals surface area contributed by atoms with E-state index in [-0.39, 0.29) is 19.4 Å². The van der Waals surface area contributed by atoms with Crippen LogP contribution in [0.3, 0.4) is 0 Å². The fourth-order valence-electron chi connectivity index (χ4n) is 2.19. The normalized spacial score (nSPS) is 23.4. The van der Waals surface area contributed by atoms with Crippen LogP contribution in [0.5, 0.6) is 0 Å². The number of carbonyl (C=O) groups excluding carboxylic acids is 2. The molecule has 1 saturated heterocycles. The highest BCUT2D eigenvalue weighted by Gasteiger charge is 2.38. The van der Waals surface area contributed by atoms with Gasteiger partial charge in [0, 0.05) is 13.5 Å². The van der Waals surface area contributed by atoms with Gasteiger partial charge in [-0.25, -0.2) is 4.79 Å². The first-order valence-corrected chi connectivity index (χ1v) is 7.74. The van der Waals surface area contributed by atoms with Crippen LogP contribution in [0.1, 0.15) is 19.8 Å². The lowest BCUT2D eigenvalue weighted by molar-refractivity contribution is -0.158. The smallest absolute Gasteiger partial charge is 0.326 e. The number of aliphatic carboxylic acids is 1. The van der Waals surface area contributed by atoms with Gasteiger partial charge in [-0.05, 0) is 24.9 Å². The number of aliphatic hydroxyl groups excluding tert-OH is 1. The molecule has 3 unspecified atom stereocenters. The second kappa shape index (κ2) is 7.61. The molecule has 20 heavy (non-hydrogen) atoms. The molecule has 0 saturated carbocycles. The Kier molecular flexibility index (Phi) is 6.44. The number of nitrogens with zero attached hydrogens (tertiary/aromatic N) is 1. The van der Waals surface area contributed by atoms with Crippen molar-refractivity contribution in [2.24, 2.45) is 0 Å². The van der Waals surface area contributed by atoms with Crippen LogP contribution in [0, 0.1) is 0 Å². The number of carboxylic acids is 1. The van der Waals surface area contributed by atoms with E-state index in [0.717, 1.165) is 4.90 Å². The Morgan fingerprint density at radius 3 is 2.50 bits per heavy atom. The minimum Gasteiger partial charge on any atom is -0.480 e. The zero-order valence-electron chi connectivity index (χ0n) is 11.5. The van der Waals surface area contributed by atoms with Crippen LogP contribution in [-0.4, -0.2) is 69.6 Å². The molecule has 1 rings (SSSR count). The second-order valence-corrected chi connectivity index (χ2v) is 5.70. The van der Waals surface area contributed by atoms with Crippen molar-refractivity contribution in [1.29, 1.82) is 0 Å². The summed E-state index contributed by atoms with van der Waals surface area (Å²) in [6.45, 7) is 1.45. The van der Waals surface area contributed by atoms with Crippen molar-refractivity contribution in [3.8, 4) is 0 Å². The molecule has 1 heterocycles. The number of hydrogen-bond acceptors (Lipinski definition) is 6. The maximum atomic E-state index is 12.3. The first-order chi connectivity index (χ1) is 9.38. The average molecular weight is 304 g/mol. The number of β-amino-alcohol motifs (C(OH)–C–C–N with tert-alkyl or cyclic N) is 1. The van der Waals surface area contributed by atoms with Crippen LogP contribution < -0.4 is 5.32 Å². The van der Waals surface area contributed by atoms with Gasteiger partial charge in [0.1, 0.15) is 6.04 Å². The topological polar surface area (TPSA) is 107 Å². The highest BCUT2D eigenvalue weighted by molar-refractivity contribution is 7.98. The first kappa shape index (κ1) is 16.9. The monoisotopic (exact) mass is 304 g/mol. The molecule has 0 bridgehead atoms. The van der Waals surface area contributed by atoms with Crippen molar-refractivity contribution >= 4 is 29.5 Å². The van der Waals surface area contributed by atoms with Gasteiger partial charge in [0.25, 0.3) is 0 Å². The molecule has 1 fully saturated rings. The molecule has 114 valence electrons. The molecule has 2 amide bonds. The Hall–Kier alpha value is -1.12. The molecule has 0 aromatic rings. The lowest BCUT2D eigenvalue weighted by Crippen LogP contribution is -2.53. The highest BCUT2D eigenvalue weighted by Crippen LogP contribution is 2.15. The van der Waals surface area contributed by atoms with E-state index in [1.807, 2.05) is 6.26 Å². The van der Waals surface area contributed by atoms with Crippen molar-refractivity contribution < 1.29 is 24.6 Å². The van der Waals surface area contributed by atoms with Gasteiger partial charge in [-0.15, -0.1) is 0 Å². The largest absolute Gasteiger partial charge is 0.480 e. The number of hydrogen-bond donors (Lipinski definition) is 3. The van der Waals surface area contributed by atoms with Gasteiger partial charge in [-0.3, -0.25) is 14.5 Å². The molecular weight excluding hydrogens is 284 g/mol. The van der Waals surface area contributed by atoms with E-state index in [0.29, 0.717) is 5.75 Å². The minimum absolute atomic E-state index is 0.192. The number of thioether (sulfide) groups is 1. The predicted octanol–water partition coefficient (Wildman–Crippen LogP) is -0.709. The summed E-state index contributed by atoms with van der Waals surface area (Å²) in [7, 11) is 0. The Morgan fingerprint density at radius 1 is 1.45 bits per heavy atom. The summed E-state index contributed by atoms with van der Waals surface area (Å²) in [4.78, 5) is 36.1. The summed E-state index contributed by atoms with van der Waals surface area (Å²) in [6.07, 6.45) is 1.58. The average Bonchev–Trinajstić information content (AvgIpc) is 2.79. The van der Waals surface area contributed by atoms with Gasteiger partial charge in [0.05, 0.1) is 12.1 Å². The SMILES string of the molecule is CSCCC(C(=O)O)N(C(C)=O)C(=O)C1CC(O)CN1. The molecule has 1 aliphatic heterocycles. The van der Waals surface area contributed by atoms with Gasteiger partial charge in [0.15, 0.2) is 0 Å². The fraction of sp³-hybridized carbons (Fsp3) is 0.750. The molecular formula is C12H20N2O5S. The third kappa shape index (κ3) is 4.19. The lowest BCUT2D eigenvalue weighted by Gasteiger charge is -2.28. The van der Waals surface area contributed by atoms with Gasteiger partial charge in [-0.1, -0.05) is 0 Å². The quantitative estimate of drug-likeness (QED) is 0.595. The van der Waals surface area contributed by atoms with Gasteiger partial charge < -0.3 is 15.5 Å². The summed E-state index contributed by atoms with van der Waals surface area (Å²) in [5, 5.41) is 21.5. The molecule has 1 aliphatic rings. The number of amides is 2. The van der Waals surface area contributed by atoms with Crippen molar-refractivity contribution in [2.75, 3.05) is 18.6 Å². The molecule has 0 radical (unpaired) electrons. The summed E-state index contributed by atoms with van der Waals surface area (Å²) in [5.74, 6) is -1.83. The minimum atomic E-state index is -1.19. The van der Waals surface area contributed by atoms with Crippen molar-refractivity contribution in [1.82, 2.24) is 10.2 Å². The van der Waals surface area contributed by atoms with E-state index in [1.54, 1.807) is 0 Å². The van der Waals surface area contributed by atoms with E-state index in [4.69, 9.17) is 0 Å². The van der Waals surface area contributed by atoms with Crippen LogP contribution in [0.2, 0.25) is 0 Å². The van der Waals surface area contributed by atoms with Crippen LogP contribution in [0.15, 0.2) is 0 Å². The predicted molar refractivity (Wildman–Crippen MR) is 74.4 cm³/mol. The Labute approximate surface area is 121 Å². The maximum Gasteiger partial charge on any atom is 0.326 e. The van der Waals surface area contributed by atoms with Crippen LogP contribution in [0.25, 0.3) is 0 Å². The molecule has 0 aromatic carbocycles. The molecule has 8 heteroatoms. The molecule has 3 atom stereocenters. The number of rotatable bonds is 6. The highest BCUT2D eigenvalue weighted by atomic mass is 32.2. The van der Waals surface area contributed by atoms with Gasteiger partial charge >= 0.3 is 5.97 Å². The second-order valence-electron chi connectivity index (χ2n) is 4.71. The summed E-state index contributed by atoms with van der Waals surface area (Å²) >= 11 is 1.45. The third-order valence-corrected chi connectivity index (χ3v) is 3.82. The number of imide groups is 1. The summed E-state index contributed by atoms with van der Waals surface area (Å²) < 4.78 is 0. The van der Waals surface area contributed by atoms with Crippen LogP contribution in [0.4, 0.5) is 0 Å². The lowest BCUT2D eigenvalue weighted by atomic mass is 10.1. The fourth-order valence-corrected chi connectivity index (χ4v) is 2.65. The maximum absolute atomic E-state index is 12.3. The van der Waals surface area contributed by atoms with Crippen LogP contribution in [-0.2, 0) is 14.4 Å². The summed E-state index contributed by atoms with van der Waals surface area (Å²) in [5.41, 5.74) is 0. The van der Waals surface area contributed by atoms with Gasteiger partial charge in [0.2, 0.25) is 11.8 Å². The summed E-state index contributed by atoms with van der Waals surface area (Å²) in [6, 6.07) is -1.86. The zero-order valence-corrected chi connectivity index (χ0v) is 12.4. The van der Waals surface area contributed by atoms with Crippen molar-refractivity contribution in [3.05, 3.63) is 0 Å². The van der Waals surface area contributed by atoms with E-state index in [1.165, 1.54) is 18.7 Å². The number of nitrogens with one attached hydrogen (secondary N) is 1. The first-order valence-electron chi connectivity index (χ1n) is 6.35. The molecule has 3 N–H and O–H groups in total. The van der Waals surface area contributed by atoms with E-state index in [9.17, 15) is 24.6 Å². The third-order valence-electron chi connectivity index (χ3n) is 3.17.